The van der Waals surface area contributed by atoms with Crippen molar-refractivity contribution in [2.45, 2.75) is 25.9 Å². The van der Waals surface area contributed by atoms with Crippen LogP contribution < -0.4 is 5.09 Å². The van der Waals surface area contributed by atoms with Crippen molar-refractivity contribution in [3.05, 3.63) is 11.3 Å². The highest BCUT2D eigenvalue weighted by Gasteiger charge is 2.54. The van der Waals surface area contributed by atoms with Gasteiger partial charge in [-0.05, 0) is 8.07 Å². The highest BCUT2D eigenvalue weighted by Crippen LogP contribution is 2.50. The van der Waals surface area contributed by atoms with Crippen LogP contribution >= 0.6 is 89.4 Å². The highest BCUT2D eigenvalue weighted by atomic mass is 35.6. The first-order chi connectivity index (χ1) is 13.2. The zero-order valence-corrected chi connectivity index (χ0v) is 20.9. The summed E-state index contributed by atoms with van der Waals surface area (Å²) in [6.45, 7) is 1.01. The van der Waals surface area contributed by atoms with Gasteiger partial charge < -0.3 is 9.84 Å². The molecule has 29 heavy (non-hydrogen) atoms. The predicted molar refractivity (Wildman–Crippen MR) is 119 cm³/mol. The van der Waals surface area contributed by atoms with E-state index >= 15 is 0 Å². The monoisotopic (exact) mass is 564 g/mol. The van der Waals surface area contributed by atoms with E-state index in [0.717, 1.165) is 4.90 Å². The van der Waals surface area contributed by atoms with Crippen molar-refractivity contribution in [1.82, 2.24) is 9.99 Å². The summed E-state index contributed by atoms with van der Waals surface area (Å²) in [6, 6.07) is -0.726. The number of nitrogens with zero attached hydrogens (tertiary/aromatic N) is 1. The van der Waals surface area contributed by atoms with Gasteiger partial charge in [0.15, 0.2) is 7.59 Å². The van der Waals surface area contributed by atoms with E-state index in [0.29, 0.717) is 5.57 Å². The van der Waals surface area contributed by atoms with Crippen LogP contribution in [0.3, 0.4) is 0 Å². The molecule has 15 heteroatoms. The van der Waals surface area contributed by atoms with E-state index in [-0.39, 0.29) is 30.4 Å². The van der Waals surface area contributed by atoms with Gasteiger partial charge in [-0.15, -0.1) is 11.8 Å². The lowest BCUT2D eigenvalue weighted by Crippen LogP contribution is -2.69. The molecule has 0 aromatic carbocycles. The normalized spacial score (nSPS) is 22.5. The molecule has 2 aliphatic heterocycles. The molecule has 2 atom stereocenters. The van der Waals surface area contributed by atoms with Crippen LogP contribution in [0.4, 0.5) is 0 Å². The van der Waals surface area contributed by atoms with Crippen molar-refractivity contribution in [2.24, 2.45) is 0 Å². The molecule has 1 saturated heterocycles. The van der Waals surface area contributed by atoms with Crippen LogP contribution in [0.25, 0.3) is 0 Å². The Labute approximate surface area is 202 Å². The van der Waals surface area contributed by atoms with Gasteiger partial charge in [0, 0.05) is 30.6 Å². The summed E-state index contributed by atoms with van der Waals surface area (Å²) in [5.74, 6) is -2.03. The topological polar surface area (TPSA) is 95.9 Å². The van der Waals surface area contributed by atoms with Crippen LogP contribution in [-0.2, 0) is 19.1 Å². The minimum Gasteiger partial charge on any atom is -0.477 e. The molecule has 0 spiro atoms. The number of amides is 1. The molecule has 0 unspecified atom stereocenters. The van der Waals surface area contributed by atoms with E-state index in [4.69, 9.17) is 74.3 Å². The fourth-order valence-electron chi connectivity index (χ4n) is 2.75. The van der Waals surface area contributed by atoms with Gasteiger partial charge in [0.05, 0.1) is 0 Å². The number of carboxylic acids is 1. The van der Waals surface area contributed by atoms with E-state index in [9.17, 15) is 19.5 Å². The largest absolute Gasteiger partial charge is 0.477 e. The molecule has 2 heterocycles. The maximum Gasteiger partial charge on any atom is 0.352 e. The number of esters is 1. The van der Waals surface area contributed by atoms with Crippen LogP contribution in [-0.4, -0.2) is 71.5 Å². The Balaban J connectivity index is 2.18. The number of hydrogen-bond acceptors (Lipinski definition) is 6. The first kappa shape index (κ1) is 25.9. The lowest BCUT2D eigenvalue weighted by atomic mass is 10.0. The van der Waals surface area contributed by atoms with E-state index in [1.807, 2.05) is 0 Å². The van der Waals surface area contributed by atoms with Crippen LogP contribution in [0, 0.1) is 0 Å². The number of β-lactam (4-membered cyclic amide) rings is 1. The number of alkyl halides is 6. The van der Waals surface area contributed by atoms with Crippen LogP contribution in [0.15, 0.2) is 11.3 Å². The molecule has 0 bridgehead atoms. The number of hydrogen-bond donors (Lipinski definition) is 2. The zero-order valence-electron chi connectivity index (χ0n) is 14.6. The van der Waals surface area contributed by atoms with Crippen LogP contribution in [0.1, 0.15) is 6.92 Å². The third-order valence-electron chi connectivity index (χ3n) is 3.76. The Morgan fingerprint density at radius 2 is 1.79 bits per heavy atom. The van der Waals surface area contributed by atoms with Gasteiger partial charge in [0.1, 0.15) is 23.7 Å². The first-order valence-electron chi connectivity index (χ1n) is 7.87. The smallest absolute Gasteiger partial charge is 0.352 e. The molecule has 7 nitrogen and oxygen atoms in total. The quantitative estimate of drug-likeness (QED) is 0.209. The SMILES string of the molecule is CC(=O)OCC1=C(C(=O)O)N2C(=O)[C@H](NP(CC(Cl)(Cl)Cl)CC(Cl)(Cl)Cl)[C@H]2SC1. The molecule has 1 fully saturated rings. The fraction of sp³-hybridized carbons (Fsp3) is 0.643. The molecular formula is C14H15Cl6N2O5PS. The number of carboxylic acid groups (broad SMARTS) is 1. The minimum absolute atomic E-state index is 0.0292. The number of aliphatic carboxylic acids is 1. The summed E-state index contributed by atoms with van der Waals surface area (Å²) in [7, 11) is -1.38. The number of fused-ring (bicyclic) bond motifs is 1. The molecule has 0 aromatic heterocycles. The second-order valence-electron chi connectivity index (χ2n) is 6.14. The van der Waals surface area contributed by atoms with E-state index in [2.05, 4.69) is 5.09 Å². The van der Waals surface area contributed by atoms with E-state index in [1.54, 1.807) is 0 Å². The molecule has 2 aliphatic rings. The Kier molecular flexibility index (Phi) is 8.97. The van der Waals surface area contributed by atoms with Gasteiger partial charge in [-0.2, -0.15) is 0 Å². The Morgan fingerprint density at radius 3 is 2.24 bits per heavy atom. The molecule has 0 saturated carbocycles. The number of halogens is 6. The molecule has 1 amide bonds. The Morgan fingerprint density at radius 1 is 1.24 bits per heavy atom. The van der Waals surface area contributed by atoms with Crippen molar-refractivity contribution in [2.75, 3.05) is 24.7 Å². The molecule has 2 N–H and O–H groups in total. The van der Waals surface area contributed by atoms with E-state index in [1.165, 1.54) is 18.7 Å². The van der Waals surface area contributed by atoms with Gasteiger partial charge in [0.2, 0.25) is 5.91 Å². The summed E-state index contributed by atoms with van der Waals surface area (Å²) in [4.78, 5) is 36.6. The molecule has 2 rings (SSSR count). The van der Waals surface area contributed by atoms with Gasteiger partial charge in [-0.1, -0.05) is 69.6 Å². The van der Waals surface area contributed by atoms with E-state index < -0.39 is 44.9 Å². The van der Waals surface area contributed by atoms with Crippen LogP contribution in [0.5, 0.6) is 0 Å². The summed E-state index contributed by atoms with van der Waals surface area (Å²) < 4.78 is 1.65. The Hall–Kier alpha value is 0.630. The third-order valence-corrected chi connectivity index (χ3v) is 9.38. The number of nitrogens with one attached hydrogen (secondary N) is 1. The number of ether oxygens (including phenoxy) is 1. The standard InChI is InChI=1S/C14H15Cl6N2O5PS/c1-6(23)27-2-7-3-29-11-8(10(24)22(11)9(7)12(25)26)21-28(4-13(15,16)17)5-14(18,19)20/h8,11,21H,2-5H2,1H3,(H,25,26)/t8-,11+/m0/s1. The molecule has 0 aromatic rings. The lowest BCUT2D eigenvalue weighted by Gasteiger charge is -2.50. The maximum atomic E-state index is 12.7. The lowest BCUT2D eigenvalue weighted by molar-refractivity contribution is -0.148. The minimum atomic E-state index is -1.62. The number of carbonyl (C=O) groups excluding carboxylic acids is 2. The molecule has 0 aliphatic carbocycles. The predicted octanol–water partition coefficient (Wildman–Crippen LogP) is 3.90. The van der Waals surface area contributed by atoms with Gasteiger partial charge in [0.25, 0.3) is 0 Å². The van der Waals surface area contributed by atoms with Crippen molar-refractivity contribution < 1.29 is 24.2 Å². The number of thioether (sulfide) groups is 1. The van der Waals surface area contributed by atoms with Crippen LogP contribution in [0.2, 0.25) is 0 Å². The molecule has 164 valence electrons. The highest BCUT2D eigenvalue weighted by molar-refractivity contribution is 8.00. The summed E-state index contributed by atoms with van der Waals surface area (Å²) in [6.07, 6.45) is 0.0583. The van der Waals surface area contributed by atoms with Gasteiger partial charge >= 0.3 is 11.9 Å². The number of carbonyl (C=O) groups is 3. The number of rotatable bonds is 7. The van der Waals surface area contributed by atoms with Crippen molar-refractivity contribution in [3.63, 3.8) is 0 Å². The summed E-state index contributed by atoms with van der Waals surface area (Å²) >= 11 is 36.5. The average Bonchev–Trinajstić information content (AvgIpc) is 2.53. The van der Waals surface area contributed by atoms with Crippen molar-refractivity contribution in [1.29, 1.82) is 0 Å². The zero-order chi connectivity index (χ0) is 22.1. The first-order valence-corrected chi connectivity index (χ1v) is 12.9. The summed E-state index contributed by atoms with van der Waals surface area (Å²) in [5.41, 5.74) is 0.149. The second-order valence-corrected chi connectivity index (χ2v) is 14.2. The summed E-state index contributed by atoms with van der Waals surface area (Å²) in [5, 5.41) is 12.2. The van der Waals surface area contributed by atoms with Gasteiger partial charge in [-0.3, -0.25) is 19.6 Å². The maximum absolute atomic E-state index is 12.7. The fourth-order valence-corrected chi connectivity index (χ4v) is 8.58. The van der Waals surface area contributed by atoms with Crippen molar-refractivity contribution >= 4 is 107 Å². The molecular weight excluding hydrogens is 552 g/mol. The molecule has 0 radical (unpaired) electrons. The second kappa shape index (κ2) is 10.1. The third kappa shape index (κ3) is 7.33. The van der Waals surface area contributed by atoms with Crippen molar-refractivity contribution in [3.8, 4) is 0 Å². The van der Waals surface area contributed by atoms with Gasteiger partial charge in [-0.25, -0.2) is 4.79 Å². The average molecular weight is 567 g/mol. The Bertz CT molecular complexity index is 712.